The molecule has 0 bridgehead atoms. The van der Waals surface area contributed by atoms with E-state index in [1.165, 1.54) is 12.8 Å². The maximum absolute atomic E-state index is 9.59. The molecule has 0 amide bonds. The van der Waals surface area contributed by atoms with Crippen molar-refractivity contribution in [1.82, 2.24) is 0 Å². The van der Waals surface area contributed by atoms with Gasteiger partial charge in [0.2, 0.25) is 0 Å². The minimum Gasteiger partial charge on any atom is -0.391 e. The van der Waals surface area contributed by atoms with Gasteiger partial charge in [-0.3, -0.25) is 0 Å². The number of rotatable bonds is 5. The van der Waals surface area contributed by atoms with Crippen LogP contribution in [0.25, 0.3) is 0 Å². The van der Waals surface area contributed by atoms with E-state index in [0.717, 1.165) is 18.9 Å². The first kappa shape index (κ1) is 11.0. The number of aliphatic hydroxyl groups is 1. The van der Waals surface area contributed by atoms with E-state index in [1.54, 1.807) is 0 Å². The lowest BCUT2D eigenvalue weighted by atomic mass is 9.89. The molecule has 78 valence electrons. The molecular formula is C11H22O2. The molecule has 0 heterocycles. The van der Waals surface area contributed by atoms with Crippen LogP contribution in [0, 0.1) is 11.3 Å². The van der Waals surface area contributed by atoms with Crippen LogP contribution in [0.4, 0.5) is 0 Å². The van der Waals surface area contributed by atoms with Gasteiger partial charge in [0.1, 0.15) is 0 Å². The second-order valence-electron chi connectivity index (χ2n) is 5.40. The summed E-state index contributed by atoms with van der Waals surface area (Å²) in [5.41, 5.74) is 0.197. The van der Waals surface area contributed by atoms with E-state index in [2.05, 4.69) is 20.8 Å². The van der Waals surface area contributed by atoms with Crippen molar-refractivity contribution in [1.29, 1.82) is 0 Å². The van der Waals surface area contributed by atoms with E-state index in [9.17, 15) is 5.11 Å². The molecule has 1 fully saturated rings. The van der Waals surface area contributed by atoms with E-state index in [1.807, 2.05) is 0 Å². The van der Waals surface area contributed by atoms with Crippen molar-refractivity contribution in [2.75, 3.05) is 13.2 Å². The third-order valence-electron chi connectivity index (χ3n) is 2.21. The Labute approximate surface area is 81.3 Å². The van der Waals surface area contributed by atoms with E-state index in [0.29, 0.717) is 6.61 Å². The molecule has 1 atom stereocenters. The van der Waals surface area contributed by atoms with Crippen LogP contribution in [-0.4, -0.2) is 24.4 Å². The summed E-state index contributed by atoms with van der Waals surface area (Å²) in [6.45, 7) is 7.76. The highest BCUT2D eigenvalue weighted by Crippen LogP contribution is 2.29. The molecule has 2 heteroatoms. The molecule has 1 unspecified atom stereocenters. The summed E-state index contributed by atoms with van der Waals surface area (Å²) in [4.78, 5) is 0. The fourth-order valence-electron chi connectivity index (χ4n) is 1.42. The minimum atomic E-state index is -0.293. The molecule has 0 saturated heterocycles. The Morgan fingerprint density at radius 1 is 1.38 bits per heavy atom. The second kappa shape index (κ2) is 4.43. The lowest BCUT2D eigenvalue weighted by Gasteiger charge is -2.22. The smallest absolute Gasteiger partial charge is 0.0778 e. The fraction of sp³-hybridized carbons (Fsp3) is 1.00. The minimum absolute atomic E-state index is 0.197. The summed E-state index contributed by atoms with van der Waals surface area (Å²) in [5.74, 6) is 0.793. The van der Waals surface area contributed by atoms with E-state index >= 15 is 0 Å². The Morgan fingerprint density at radius 2 is 2.00 bits per heavy atom. The predicted molar refractivity (Wildman–Crippen MR) is 53.6 cm³/mol. The van der Waals surface area contributed by atoms with Gasteiger partial charge in [-0.2, -0.15) is 0 Å². The Morgan fingerprint density at radius 3 is 2.46 bits per heavy atom. The summed E-state index contributed by atoms with van der Waals surface area (Å²) < 4.78 is 5.42. The Kier molecular flexibility index (Phi) is 3.74. The topological polar surface area (TPSA) is 29.5 Å². The SMILES string of the molecule is CC(C)(C)CC(O)COCC1CC1. The molecule has 1 rings (SSSR count). The molecule has 1 aliphatic carbocycles. The van der Waals surface area contributed by atoms with Crippen molar-refractivity contribution >= 4 is 0 Å². The standard InChI is InChI=1S/C11H22O2/c1-11(2,3)6-10(12)8-13-7-9-4-5-9/h9-10,12H,4-8H2,1-3H3. The third-order valence-corrected chi connectivity index (χ3v) is 2.21. The van der Waals surface area contributed by atoms with Crippen LogP contribution in [0.3, 0.4) is 0 Å². The monoisotopic (exact) mass is 186 g/mol. The van der Waals surface area contributed by atoms with Crippen molar-refractivity contribution in [3.05, 3.63) is 0 Å². The summed E-state index contributed by atoms with van der Waals surface area (Å²) in [6.07, 6.45) is 3.15. The van der Waals surface area contributed by atoms with Crippen molar-refractivity contribution in [2.45, 2.75) is 46.1 Å². The quantitative estimate of drug-likeness (QED) is 0.713. The zero-order chi connectivity index (χ0) is 9.90. The highest BCUT2D eigenvalue weighted by Gasteiger charge is 2.22. The number of hydrogen-bond acceptors (Lipinski definition) is 2. The largest absolute Gasteiger partial charge is 0.391 e. The molecule has 0 radical (unpaired) electrons. The number of aliphatic hydroxyl groups excluding tert-OH is 1. The molecule has 1 saturated carbocycles. The van der Waals surface area contributed by atoms with Gasteiger partial charge in [0.15, 0.2) is 0 Å². The van der Waals surface area contributed by atoms with Gasteiger partial charge in [0, 0.05) is 6.61 Å². The van der Waals surface area contributed by atoms with Crippen LogP contribution in [-0.2, 0) is 4.74 Å². The Balaban J connectivity index is 1.99. The van der Waals surface area contributed by atoms with Crippen LogP contribution < -0.4 is 0 Å². The average Bonchev–Trinajstić information content (AvgIpc) is 2.66. The van der Waals surface area contributed by atoms with Crippen molar-refractivity contribution in [3.63, 3.8) is 0 Å². The number of ether oxygens (including phenoxy) is 1. The molecule has 2 nitrogen and oxygen atoms in total. The van der Waals surface area contributed by atoms with E-state index in [4.69, 9.17) is 4.74 Å². The second-order valence-corrected chi connectivity index (χ2v) is 5.40. The van der Waals surface area contributed by atoms with Gasteiger partial charge >= 0.3 is 0 Å². The molecule has 13 heavy (non-hydrogen) atoms. The molecule has 0 aliphatic heterocycles. The van der Waals surface area contributed by atoms with Crippen LogP contribution in [0.1, 0.15) is 40.0 Å². The summed E-state index contributed by atoms with van der Waals surface area (Å²) in [7, 11) is 0. The third kappa shape index (κ3) is 6.05. The summed E-state index contributed by atoms with van der Waals surface area (Å²) >= 11 is 0. The van der Waals surface area contributed by atoms with Gasteiger partial charge in [-0.05, 0) is 30.6 Å². The highest BCUT2D eigenvalue weighted by atomic mass is 16.5. The van der Waals surface area contributed by atoms with Gasteiger partial charge < -0.3 is 9.84 Å². The van der Waals surface area contributed by atoms with Crippen LogP contribution in [0.5, 0.6) is 0 Å². The normalized spacial score (nSPS) is 20.3. The maximum Gasteiger partial charge on any atom is 0.0778 e. The van der Waals surface area contributed by atoms with E-state index < -0.39 is 0 Å². The first-order valence-corrected chi connectivity index (χ1v) is 5.23. The molecule has 0 aromatic heterocycles. The van der Waals surface area contributed by atoms with Gasteiger partial charge in [0.05, 0.1) is 12.7 Å². The zero-order valence-corrected chi connectivity index (χ0v) is 9.05. The van der Waals surface area contributed by atoms with Crippen molar-refractivity contribution in [2.24, 2.45) is 11.3 Å². The van der Waals surface area contributed by atoms with Gasteiger partial charge in [0.25, 0.3) is 0 Å². The lowest BCUT2D eigenvalue weighted by Crippen LogP contribution is -2.22. The fourth-order valence-corrected chi connectivity index (χ4v) is 1.42. The first-order chi connectivity index (χ1) is 5.97. The van der Waals surface area contributed by atoms with Crippen LogP contribution in [0.2, 0.25) is 0 Å². The van der Waals surface area contributed by atoms with Crippen molar-refractivity contribution < 1.29 is 9.84 Å². The van der Waals surface area contributed by atoms with Crippen molar-refractivity contribution in [3.8, 4) is 0 Å². The molecular weight excluding hydrogens is 164 g/mol. The average molecular weight is 186 g/mol. The lowest BCUT2D eigenvalue weighted by molar-refractivity contribution is 0.0126. The maximum atomic E-state index is 9.59. The Hall–Kier alpha value is -0.0800. The Bertz CT molecular complexity index is 145. The molecule has 0 spiro atoms. The van der Waals surface area contributed by atoms with Gasteiger partial charge in [-0.1, -0.05) is 20.8 Å². The van der Waals surface area contributed by atoms with E-state index in [-0.39, 0.29) is 11.5 Å². The van der Waals surface area contributed by atoms with Gasteiger partial charge in [-0.25, -0.2) is 0 Å². The molecule has 0 aromatic rings. The first-order valence-electron chi connectivity index (χ1n) is 5.23. The van der Waals surface area contributed by atoms with Crippen LogP contribution >= 0.6 is 0 Å². The predicted octanol–water partition coefficient (Wildman–Crippen LogP) is 2.21. The van der Waals surface area contributed by atoms with Crippen LogP contribution in [0.15, 0.2) is 0 Å². The summed E-state index contributed by atoms with van der Waals surface area (Å²) in [5, 5.41) is 9.59. The van der Waals surface area contributed by atoms with Gasteiger partial charge in [-0.15, -0.1) is 0 Å². The zero-order valence-electron chi connectivity index (χ0n) is 9.05. The highest BCUT2D eigenvalue weighted by molar-refractivity contribution is 4.73. The molecule has 1 N–H and O–H groups in total. The summed E-state index contributed by atoms with van der Waals surface area (Å²) in [6, 6.07) is 0. The molecule has 0 aromatic carbocycles. The molecule has 1 aliphatic rings. The number of hydrogen-bond donors (Lipinski definition) is 1.